The average Bonchev–Trinajstić information content (AvgIpc) is 1.99. The minimum atomic E-state index is -0.538. The first-order valence-corrected chi connectivity index (χ1v) is 3.10. The Morgan fingerprint density at radius 1 is 1.80 bits per heavy atom. The zero-order valence-electron chi connectivity index (χ0n) is 6.18. The van der Waals surface area contributed by atoms with E-state index >= 15 is 0 Å². The van der Waals surface area contributed by atoms with Gasteiger partial charge in [0.15, 0.2) is 0 Å². The van der Waals surface area contributed by atoms with Crippen molar-refractivity contribution in [1.29, 1.82) is 0 Å². The van der Waals surface area contributed by atoms with Gasteiger partial charge in [0.25, 0.3) is 0 Å². The van der Waals surface area contributed by atoms with Crippen LogP contribution in [0, 0.1) is 5.21 Å². The van der Waals surface area contributed by atoms with Gasteiger partial charge in [0.05, 0.1) is 6.17 Å². The maximum absolute atomic E-state index is 10.4. The summed E-state index contributed by atoms with van der Waals surface area (Å²) in [6.45, 7) is 1.88. The predicted molar refractivity (Wildman–Crippen MR) is 35.9 cm³/mol. The molecule has 0 aliphatic heterocycles. The topological polar surface area (TPSA) is 86.8 Å². The zero-order chi connectivity index (χ0) is 7.98. The third-order valence-electron chi connectivity index (χ3n) is 0.947. The van der Waals surface area contributed by atoms with Gasteiger partial charge in [0.2, 0.25) is 0 Å². The Morgan fingerprint density at radius 3 is 2.80 bits per heavy atom. The molecular formula is C4H14N4O2. The lowest BCUT2D eigenvalue weighted by Gasteiger charge is -2.18. The highest BCUT2D eigenvalue weighted by molar-refractivity contribution is 4.43. The number of nitrogens with two attached hydrogens (primary N) is 1. The molecule has 0 saturated heterocycles. The molecule has 6 nitrogen and oxygen atoms in total. The lowest BCUT2D eigenvalue weighted by atomic mass is 10.4. The fourth-order valence-corrected chi connectivity index (χ4v) is 0.264. The number of hydrogen-bond acceptors (Lipinski definition) is 5. The molecule has 62 valence electrons. The van der Waals surface area contributed by atoms with Crippen LogP contribution in [0.1, 0.15) is 13.3 Å². The smallest absolute Gasteiger partial charge is 0.0843 e. The Bertz CT molecular complexity index is 71.7. The first kappa shape index (κ1) is 9.76. The van der Waals surface area contributed by atoms with Gasteiger partial charge in [0, 0.05) is 7.05 Å². The Morgan fingerprint density at radius 2 is 2.40 bits per heavy atom. The van der Waals surface area contributed by atoms with E-state index in [0.717, 1.165) is 0 Å². The molecule has 5 N–H and O–H groups in total. The minimum Gasteiger partial charge on any atom is -0.578 e. The lowest BCUT2D eigenvalue weighted by molar-refractivity contribution is -1.10. The summed E-state index contributed by atoms with van der Waals surface area (Å²) in [5.74, 6) is 0. The second kappa shape index (κ2) is 5.54. The van der Waals surface area contributed by atoms with Crippen molar-refractivity contribution in [3.8, 4) is 0 Å². The number of nitrogens with one attached hydrogen (secondary N) is 3. The van der Waals surface area contributed by atoms with Crippen LogP contribution in [0.3, 0.4) is 0 Å². The van der Waals surface area contributed by atoms with Crippen LogP contribution in [0.5, 0.6) is 0 Å². The van der Waals surface area contributed by atoms with E-state index in [-0.39, 0.29) is 6.17 Å². The SMILES string of the molecule is CCC(N)NO[NH+]([O-])NC. The number of hydrogen-bond donors (Lipinski definition) is 4. The zero-order valence-corrected chi connectivity index (χ0v) is 6.18. The van der Waals surface area contributed by atoms with Crippen molar-refractivity contribution in [2.24, 2.45) is 5.73 Å². The maximum Gasteiger partial charge on any atom is 0.0843 e. The number of quaternary nitrogens is 1. The first-order valence-electron chi connectivity index (χ1n) is 3.10. The molecule has 0 fully saturated rings. The third-order valence-corrected chi connectivity index (χ3v) is 0.947. The number of rotatable bonds is 5. The fraction of sp³-hybridized carbons (Fsp3) is 1.00. The molecule has 0 aromatic carbocycles. The summed E-state index contributed by atoms with van der Waals surface area (Å²) < 4.78 is 0. The van der Waals surface area contributed by atoms with Crippen molar-refractivity contribution >= 4 is 0 Å². The highest BCUT2D eigenvalue weighted by atomic mass is 17.0. The van der Waals surface area contributed by atoms with Gasteiger partial charge in [0.1, 0.15) is 0 Å². The standard InChI is InChI=1S/C4H14N4O2/c1-3-4(5)7-10-8(9)6-2/h4,6-8H,3,5H2,1-2H3. The van der Waals surface area contributed by atoms with Gasteiger partial charge in [-0.15, -0.1) is 16.2 Å². The molecule has 0 spiro atoms. The van der Waals surface area contributed by atoms with E-state index in [1.807, 2.05) is 6.92 Å². The van der Waals surface area contributed by atoms with Crippen molar-refractivity contribution < 1.29 is 10.3 Å². The van der Waals surface area contributed by atoms with Gasteiger partial charge in [-0.25, -0.2) is 0 Å². The monoisotopic (exact) mass is 150 g/mol. The third kappa shape index (κ3) is 4.62. The van der Waals surface area contributed by atoms with E-state index in [1.54, 1.807) is 0 Å². The van der Waals surface area contributed by atoms with E-state index in [1.165, 1.54) is 7.05 Å². The number of hydroxylamine groups is 1. The molecule has 0 heterocycles. The van der Waals surface area contributed by atoms with Crippen molar-refractivity contribution in [1.82, 2.24) is 10.9 Å². The molecule has 0 aliphatic carbocycles. The molecule has 0 rings (SSSR count). The molecule has 6 heteroatoms. The second-order valence-electron chi connectivity index (χ2n) is 1.77. The van der Waals surface area contributed by atoms with Gasteiger partial charge in [-0.3, -0.25) is 0 Å². The first-order chi connectivity index (χ1) is 4.70. The Kier molecular flexibility index (Phi) is 5.40. The van der Waals surface area contributed by atoms with Crippen LogP contribution in [-0.4, -0.2) is 13.2 Å². The van der Waals surface area contributed by atoms with Gasteiger partial charge in [-0.1, -0.05) is 11.9 Å². The lowest BCUT2D eigenvalue weighted by Crippen LogP contribution is -3.14. The fourth-order valence-electron chi connectivity index (χ4n) is 0.264. The summed E-state index contributed by atoms with van der Waals surface area (Å²) in [4.78, 5) is 4.42. The molecule has 0 radical (unpaired) electrons. The van der Waals surface area contributed by atoms with E-state index in [4.69, 9.17) is 5.73 Å². The minimum absolute atomic E-state index is 0.294. The summed E-state index contributed by atoms with van der Waals surface area (Å²) in [7, 11) is 1.47. The molecule has 10 heavy (non-hydrogen) atoms. The van der Waals surface area contributed by atoms with Crippen molar-refractivity contribution in [3.05, 3.63) is 5.21 Å². The normalized spacial score (nSPS) is 16.8. The molecule has 0 aromatic heterocycles. The van der Waals surface area contributed by atoms with Crippen molar-refractivity contribution in [3.63, 3.8) is 0 Å². The molecule has 0 aromatic rings. The summed E-state index contributed by atoms with van der Waals surface area (Å²) >= 11 is 0. The predicted octanol–water partition coefficient (Wildman–Crippen LogP) is -2.37. The van der Waals surface area contributed by atoms with Crippen molar-refractivity contribution in [2.75, 3.05) is 7.05 Å². The van der Waals surface area contributed by atoms with Gasteiger partial charge >= 0.3 is 0 Å². The van der Waals surface area contributed by atoms with Crippen LogP contribution in [0.4, 0.5) is 0 Å². The maximum atomic E-state index is 10.4. The van der Waals surface area contributed by atoms with Gasteiger partial charge in [-0.05, 0) is 6.42 Å². The summed E-state index contributed by atoms with van der Waals surface area (Å²) in [6, 6.07) is 0. The summed E-state index contributed by atoms with van der Waals surface area (Å²) in [5, 5.41) is 9.84. The largest absolute Gasteiger partial charge is 0.578 e. The Hall–Kier alpha value is -0.240. The summed E-state index contributed by atoms with van der Waals surface area (Å²) in [5.41, 5.74) is 9.97. The molecule has 2 unspecified atom stereocenters. The van der Waals surface area contributed by atoms with E-state index < -0.39 is 5.34 Å². The summed E-state index contributed by atoms with van der Waals surface area (Å²) in [6.07, 6.45) is 0.411. The van der Waals surface area contributed by atoms with E-state index in [9.17, 15) is 5.21 Å². The molecule has 0 bridgehead atoms. The van der Waals surface area contributed by atoms with E-state index in [2.05, 4.69) is 15.8 Å². The van der Waals surface area contributed by atoms with Crippen molar-refractivity contribution in [2.45, 2.75) is 19.5 Å². The molecule has 0 amide bonds. The second-order valence-corrected chi connectivity index (χ2v) is 1.77. The van der Waals surface area contributed by atoms with Crippen LogP contribution >= 0.6 is 0 Å². The highest BCUT2D eigenvalue weighted by Gasteiger charge is 1.99. The van der Waals surface area contributed by atoms with Crippen LogP contribution in [-0.2, 0) is 4.94 Å². The Labute approximate surface area is 59.8 Å². The molecule has 0 saturated carbocycles. The van der Waals surface area contributed by atoms with Crippen LogP contribution in [0.25, 0.3) is 0 Å². The van der Waals surface area contributed by atoms with Crippen LogP contribution in [0.15, 0.2) is 0 Å². The van der Waals surface area contributed by atoms with Gasteiger partial charge < -0.3 is 10.9 Å². The average molecular weight is 150 g/mol. The molecule has 0 aliphatic rings. The Balaban J connectivity index is 3.17. The van der Waals surface area contributed by atoms with Gasteiger partial charge in [-0.2, -0.15) is 0 Å². The van der Waals surface area contributed by atoms with Crippen LogP contribution < -0.4 is 22.0 Å². The highest BCUT2D eigenvalue weighted by Crippen LogP contribution is 1.75. The molecule has 2 atom stereocenters. The van der Waals surface area contributed by atoms with Crippen LogP contribution in [0.2, 0.25) is 0 Å². The molecular weight excluding hydrogens is 136 g/mol. The van der Waals surface area contributed by atoms with E-state index in [0.29, 0.717) is 6.42 Å². The quantitative estimate of drug-likeness (QED) is 0.260.